The summed E-state index contributed by atoms with van der Waals surface area (Å²) in [6.45, 7) is 4.11. The van der Waals surface area contributed by atoms with E-state index in [4.69, 9.17) is 0 Å². The lowest BCUT2D eigenvalue weighted by Gasteiger charge is -2.00. The normalized spacial score (nSPS) is 13.5. The highest BCUT2D eigenvalue weighted by Crippen LogP contribution is 2.26. The Balaban J connectivity index is 2.36. The number of halogens is 1. The summed E-state index contributed by atoms with van der Waals surface area (Å²) in [5, 5.41) is 0. The predicted octanol–water partition coefficient (Wildman–Crippen LogP) is 3.22. The summed E-state index contributed by atoms with van der Waals surface area (Å²) in [5.74, 6) is 1.06. The van der Waals surface area contributed by atoms with Crippen LogP contribution >= 0.6 is 27.3 Å². The van der Waals surface area contributed by atoms with Crippen LogP contribution in [0.4, 0.5) is 0 Å². The Labute approximate surface area is 109 Å². The first kappa shape index (κ1) is 12.1. The molecule has 0 fully saturated rings. The van der Waals surface area contributed by atoms with Gasteiger partial charge in [-0.1, -0.05) is 13.8 Å². The van der Waals surface area contributed by atoms with Gasteiger partial charge in [0.15, 0.2) is 9.99 Å². The van der Waals surface area contributed by atoms with Crippen LogP contribution in [0, 0.1) is 5.92 Å². The molecule has 2 rings (SSSR count). The molecule has 2 heterocycles. The first-order valence-electron chi connectivity index (χ1n) is 4.86. The maximum atomic E-state index is 11.9. The number of aromatic nitrogens is 2. The van der Waals surface area contributed by atoms with Crippen LogP contribution in [-0.2, 0) is 10.8 Å². The molecule has 2 aromatic heterocycles. The van der Waals surface area contributed by atoms with Gasteiger partial charge >= 0.3 is 0 Å². The fourth-order valence-electron chi connectivity index (χ4n) is 1.25. The molecule has 0 saturated carbocycles. The lowest BCUT2D eigenvalue weighted by atomic mass is 10.3. The van der Waals surface area contributed by atoms with Gasteiger partial charge in [0.05, 0.1) is 15.5 Å². The molecule has 0 amide bonds. The van der Waals surface area contributed by atoms with Crippen molar-refractivity contribution >= 4 is 48.4 Å². The molecule has 0 radical (unpaired) electrons. The van der Waals surface area contributed by atoms with Crippen molar-refractivity contribution in [1.82, 2.24) is 9.97 Å². The number of hydrogen-bond donors (Lipinski definition) is 0. The van der Waals surface area contributed by atoms with Crippen LogP contribution in [0.25, 0.3) is 10.3 Å². The quantitative estimate of drug-likeness (QED) is 0.872. The predicted molar refractivity (Wildman–Crippen MR) is 71.2 cm³/mol. The molecule has 0 aromatic carbocycles. The van der Waals surface area contributed by atoms with E-state index >= 15 is 0 Å². The van der Waals surface area contributed by atoms with Gasteiger partial charge in [-0.05, 0) is 27.9 Å². The maximum absolute atomic E-state index is 11.9. The molecule has 0 aliphatic rings. The van der Waals surface area contributed by atoms with Crippen LogP contribution in [0.2, 0.25) is 0 Å². The van der Waals surface area contributed by atoms with Crippen molar-refractivity contribution in [2.45, 2.75) is 18.2 Å². The standard InChI is InChI=1S/C10H11BrN2OS2/c1-6(2)5-16(14)10-13-9-8(15-10)3-7(11)4-12-9/h3-4,6H,5H2,1-2H3. The van der Waals surface area contributed by atoms with E-state index in [0.717, 1.165) is 9.17 Å². The second kappa shape index (κ2) is 4.89. The molecule has 0 aliphatic carbocycles. The van der Waals surface area contributed by atoms with Gasteiger partial charge in [-0.25, -0.2) is 9.97 Å². The molecule has 1 atom stereocenters. The Bertz CT molecular complexity index is 539. The van der Waals surface area contributed by atoms with Crippen molar-refractivity contribution in [1.29, 1.82) is 0 Å². The summed E-state index contributed by atoms with van der Waals surface area (Å²) in [5.41, 5.74) is 0.681. The highest BCUT2D eigenvalue weighted by molar-refractivity contribution is 9.10. The zero-order valence-electron chi connectivity index (χ0n) is 8.94. The lowest BCUT2D eigenvalue weighted by molar-refractivity contribution is 0.664. The molecule has 0 bridgehead atoms. The topological polar surface area (TPSA) is 42.9 Å². The fraction of sp³-hybridized carbons (Fsp3) is 0.400. The van der Waals surface area contributed by atoms with E-state index in [2.05, 4.69) is 39.7 Å². The van der Waals surface area contributed by atoms with E-state index < -0.39 is 10.8 Å². The summed E-state index contributed by atoms with van der Waals surface area (Å²) >= 11 is 4.82. The minimum absolute atomic E-state index is 0.410. The fourth-order valence-corrected chi connectivity index (χ4v) is 4.21. The molecule has 0 N–H and O–H groups in total. The average Bonchev–Trinajstić information content (AvgIpc) is 2.59. The monoisotopic (exact) mass is 318 g/mol. The summed E-state index contributed by atoms with van der Waals surface area (Å²) in [7, 11) is -1.00. The molecular formula is C10H11BrN2OS2. The summed E-state index contributed by atoms with van der Waals surface area (Å²) < 4.78 is 14.5. The van der Waals surface area contributed by atoms with Crippen LogP contribution in [0.1, 0.15) is 13.8 Å². The van der Waals surface area contributed by atoms with Crippen molar-refractivity contribution in [2.75, 3.05) is 5.75 Å². The third kappa shape index (κ3) is 2.67. The van der Waals surface area contributed by atoms with Crippen molar-refractivity contribution < 1.29 is 4.21 Å². The number of hydrogen-bond acceptors (Lipinski definition) is 4. The minimum atomic E-state index is -1.00. The molecular weight excluding hydrogens is 308 g/mol. The SMILES string of the molecule is CC(C)CS(=O)c1nc2ncc(Br)cc2s1. The van der Waals surface area contributed by atoms with Gasteiger partial charge in [0.25, 0.3) is 0 Å². The Hall–Kier alpha value is -0.330. The van der Waals surface area contributed by atoms with Crippen molar-refractivity contribution in [3.05, 3.63) is 16.7 Å². The van der Waals surface area contributed by atoms with Crippen LogP contribution in [0.3, 0.4) is 0 Å². The number of pyridine rings is 1. The molecule has 2 aromatic rings. The molecule has 16 heavy (non-hydrogen) atoms. The summed E-state index contributed by atoms with van der Waals surface area (Å²) in [6, 6.07) is 1.95. The van der Waals surface area contributed by atoms with E-state index in [1.807, 2.05) is 6.07 Å². The zero-order valence-corrected chi connectivity index (χ0v) is 12.2. The minimum Gasteiger partial charge on any atom is -0.252 e. The van der Waals surface area contributed by atoms with E-state index in [1.54, 1.807) is 6.20 Å². The summed E-state index contributed by atoms with van der Waals surface area (Å²) in [4.78, 5) is 8.47. The van der Waals surface area contributed by atoms with Crippen molar-refractivity contribution in [2.24, 2.45) is 5.92 Å². The Morgan fingerprint density at radius 1 is 1.56 bits per heavy atom. The lowest BCUT2D eigenvalue weighted by Crippen LogP contribution is -2.04. The summed E-state index contributed by atoms with van der Waals surface area (Å²) in [6.07, 6.45) is 1.71. The molecule has 0 aliphatic heterocycles. The van der Waals surface area contributed by atoms with Crippen LogP contribution < -0.4 is 0 Å². The first-order chi connectivity index (χ1) is 7.56. The third-order valence-electron chi connectivity index (χ3n) is 1.87. The average molecular weight is 319 g/mol. The Morgan fingerprint density at radius 2 is 2.31 bits per heavy atom. The second-order valence-corrected chi connectivity index (χ2v) is 7.48. The Morgan fingerprint density at radius 3 is 3.00 bits per heavy atom. The molecule has 1 unspecified atom stereocenters. The van der Waals surface area contributed by atoms with Gasteiger partial charge in [-0.3, -0.25) is 4.21 Å². The highest BCUT2D eigenvalue weighted by atomic mass is 79.9. The van der Waals surface area contributed by atoms with Crippen LogP contribution in [0.5, 0.6) is 0 Å². The first-order valence-corrected chi connectivity index (χ1v) is 7.79. The number of nitrogens with zero attached hydrogens (tertiary/aromatic N) is 2. The van der Waals surface area contributed by atoms with E-state index in [0.29, 0.717) is 21.7 Å². The molecule has 86 valence electrons. The number of thiazole rings is 1. The third-order valence-corrected chi connectivity index (χ3v) is 5.35. The van der Waals surface area contributed by atoms with Gasteiger partial charge in [0.1, 0.15) is 0 Å². The van der Waals surface area contributed by atoms with Gasteiger partial charge in [0.2, 0.25) is 0 Å². The van der Waals surface area contributed by atoms with E-state index in [-0.39, 0.29) is 0 Å². The van der Waals surface area contributed by atoms with Crippen molar-refractivity contribution in [3.63, 3.8) is 0 Å². The molecule has 0 saturated heterocycles. The van der Waals surface area contributed by atoms with Gasteiger partial charge in [0, 0.05) is 16.4 Å². The number of fused-ring (bicyclic) bond motifs is 1. The second-order valence-electron chi connectivity index (χ2n) is 3.86. The van der Waals surface area contributed by atoms with E-state index in [1.165, 1.54) is 11.3 Å². The smallest absolute Gasteiger partial charge is 0.183 e. The maximum Gasteiger partial charge on any atom is 0.183 e. The van der Waals surface area contributed by atoms with Crippen LogP contribution in [0.15, 0.2) is 21.1 Å². The Kier molecular flexibility index (Phi) is 3.71. The van der Waals surface area contributed by atoms with Crippen LogP contribution in [-0.4, -0.2) is 19.9 Å². The van der Waals surface area contributed by atoms with Crippen molar-refractivity contribution in [3.8, 4) is 0 Å². The van der Waals surface area contributed by atoms with Gasteiger partial charge in [-0.15, -0.1) is 11.3 Å². The zero-order chi connectivity index (χ0) is 11.7. The number of rotatable bonds is 3. The highest BCUT2D eigenvalue weighted by Gasteiger charge is 2.12. The van der Waals surface area contributed by atoms with E-state index in [9.17, 15) is 4.21 Å². The van der Waals surface area contributed by atoms with Gasteiger partial charge in [-0.2, -0.15) is 0 Å². The largest absolute Gasteiger partial charge is 0.252 e. The van der Waals surface area contributed by atoms with Gasteiger partial charge < -0.3 is 0 Å². The molecule has 6 heteroatoms. The molecule has 3 nitrogen and oxygen atoms in total. The molecule has 0 spiro atoms.